The molecule has 0 spiro atoms. The number of hydrogen-bond donors (Lipinski definition) is 0. The van der Waals surface area contributed by atoms with E-state index in [1.807, 2.05) is 38.1 Å². The number of rotatable bonds is 4. The first-order valence-corrected chi connectivity index (χ1v) is 7.13. The summed E-state index contributed by atoms with van der Waals surface area (Å²) < 4.78 is 5.21. The van der Waals surface area contributed by atoms with Crippen LogP contribution in [0.4, 0.5) is 0 Å². The summed E-state index contributed by atoms with van der Waals surface area (Å²) in [5.41, 5.74) is 1.11. The lowest BCUT2D eigenvalue weighted by Crippen LogP contribution is -2.31. The molecule has 0 N–H and O–H groups in total. The molecule has 1 aliphatic heterocycles. The number of likely N-dealkylation sites (tertiary alicyclic amines) is 1. The van der Waals surface area contributed by atoms with Crippen molar-refractivity contribution in [3.05, 3.63) is 34.9 Å². The molecule has 0 unspecified atom stereocenters. The first-order chi connectivity index (χ1) is 9.08. The Morgan fingerprint density at radius 3 is 2.89 bits per heavy atom. The fourth-order valence-corrected chi connectivity index (χ4v) is 2.84. The maximum Gasteiger partial charge on any atom is 0.320 e. The van der Waals surface area contributed by atoms with Gasteiger partial charge in [0.25, 0.3) is 0 Å². The molecule has 0 amide bonds. The highest BCUT2D eigenvalue weighted by atomic mass is 35.5. The Morgan fingerprint density at radius 2 is 2.21 bits per heavy atom. The zero-order valence-corrected chi connectivity index (χ0v) is 12.2. The fourth-order valence-electron chi connectivity index (χ4n) is 2.58. The highest BCUT2D eigenvalue weighted by Crippen LogP contribution is 2.35. The van der Waals surface area contributed by atoms with Crippen LogP contribution in [0, 0.1) is 0 Å². The van der Waals surface area contributed by atoms with E-state index in [-0.39, 0.29) is 18.1 Å². The molecule has 1 saturated heterocycles. The highest BCUT2D eigenvalue weighted by molar-refractivity contribution is 6.31. The second-order valence-electron chi connectivity index (χ2n) is 5.19. The Balaban J connectivity index is 2.05. The lowest BCUT2D eigenvalue weighted by Gasteiger charge is -2.25. The van der Waals surface area contributed by atoms with Crippen LogP contribution in [0.25, 0.3) is 0 Å². The number of carbonyl (C=O) groups excluding carboxylic acids is 1. The fraction of sp³-hybridized carbons (Fsp3) is 0.533. The van der Waals surface area contributed by atoms with Crippen LogP contribution in [0.5, 0.6) is 0 Å². The van der Waals surface area contributed by atoms with Gasteiger partial charge in [0.15, 0.2) is 0 Å². The average Bonchev–Trinajstić information content (AvgIpc) is 2.76. The smallest absolute Gasteiger partial charge is 0.320 e. The van der Waals surface area contributed by atoms with Crippen molar-refractivity contribution in [1.29, 1.82) is 0 Å². The standard InChI is InChI=1S/C15H20ClNO2/c1-11(2)19-15(18)10-17-9-5-8-14(17)12-6-3-4-7-13(12)16/h3-4,6-7,11,14H,5,8-10H2,1-2H3/t14-/m0/s1. The van der Waals surface area contributed by atoms with Crippen LogP contribution in [-0.4, -0.2) is 30.1 Å². The van der Waals surface area contributed by atoms with Gasteiger partial charge in [0.05, 0.1) is 12.6 Å². The normalized spacial score (nSPS) is 19.9. The minimum atomic E-state index is -0.158. The van der Waals surface area contributed by atoms with Crippen LogP contribution in [0.1, 0.15) is 38.3 Å². The van der Waals surface area contributed by atoms with E-state index in [1.165, 1.54) is 0 Å². The monoisotopic (exact) mass is 281 g/mol. The van der Waals surface area contributed by atoms with Gasteiger partial charge in [0.1, 0.15) is 0 Å². The van der Waals surface area contributed by atoms with E-state index < -0.39 is 0 Å². The van der Waals surface area contributed by atoms with Crippen molar-refractivity contribution in [3.63, 3.8) is 0 Å². The summed E-state index contributed by atoms with van der Waals surface area (Å²) in [6, 6.07) is 8.09. The minimum absolute atomic E-state index is 0.0612. The number of esters is 1. The summed E-state index contributed by atoms with van der Waals surface area (Å²) in [7, 11) is 0. The third kappa shape index (κ3) is 3.71. The first kappa shape index (κ1) is 14.4. The van der Waals surface area contributed by atoms with E-state index in [4.69, 9.17) is 16.3 Å². The Labute approximate surface area is 119 Å². The van der Waals surface area contributed by atoms with Crippen LogP contribution in [0.15, 0.2) is 24.3 Å². The maximum absolute atomic E-state index is 11.8. The summed E-state index contributed by atoms with van der Waals surface area (Å²) >= 11 is 6.25. The molecule has 19 heavy (non-hydrogen) atoms. The minimum Gasteiger partial charge on any atom is -0.462 e. The Bertz CT molecular complexity index is 448. The molecule has 0 aliphatic carbocycles. The van der Waals surface area contributed by atoms with Gasteiger partial charge >= 0.3 is 5.97 Å². The third-order valence-electron chi connectivity index (χ3n) is 3.33. The summed E-state index contributed by atoms with van der Waals surface area (Å²) in [6.45, 7) is 5.00. The van der Waals surface area contributed by atoms with Crippen LogP contribution >= 0.6 is 11.6 Å². The van der Waals surface area contributed by atoms with Crippen LogP contribution < -0.4 is 0 Å². The molecule has 0 radical (unpaired) electrons. The molecule has 1 atom stereocenters. The van der Waals surface area contributed by atoms with E-state index in [0.717, 1.165) is 30.0 Å². The van der Waals surface area contributed by atoms with Gasteiger partial charge in [-0.3, -0.25) is 9.69 Å². The highest BCUT2D eigenvalue weighted by Gasteiger charge is 2.29. The predicted octanol–water partition coefficient (Wildman–Crippen LogP) is 3.43. The van der Waals surface area contributed by atoms with Gasteiger partial charge in [0, 0.05) is 11.1 Å². The molecule has 0 aromatic heterocycles. The van der Waals surface area contributed by atoms with E-state index in [9.17, 15) is 4.79 Å². The molecule has 4 heteroatoms. The van der Waals surface area contributed by atoms with Crippen molar-refractivity contribution in [2.24, 2.45) is 0 Å². The molecule has 0 bridgehead atoms. The van der Waals surface area contributed by atoms with E-state index >= 15 is 0 Å². The predicted molar refractivity (Wildman–Crippen MR) is 76.2 cm³/mol. The summed E-state index contributed by atoms with van der Waals surface area (Å²) in [5.74, 6) is -0.158. The molecule has 1 heterocycles. The molecule has 0 saturated carbocycles. The lowest BCUT2D eigenvalue weighted by atomic mass is 10.0. The number of nitrogens with zero attached hydrogens (tertiary/aromatic N) is 1. The van der Waals surface area contributed by atoms with Gasteiger partial charge in [-0.05, 0) is 44.9 Å². The van der Waals surface area contributed by atoms with Gasteiger partial charge < -0.3 is 4.74 Å². The van der Waals surface area contributed by atoms with Gasteiger partial charge in [-0.2, -0.15) is 0 Å². The van der Waals surface area contributed by atoms with Gasteiger partial charge in [-0.1, -0.05) is 29.8 Å². The third-order valence-corrected chi connectivity index (χ3v) is 3.67. The van der Waals surface area contributed by atoms with Crippen LogP contribution in [-0.2, 0) is 9.53 Å². The zero-order chi connectivity index (χ0) is 13.8. The topological polar surface area (TPSA) is 29.5 Å². The second-order valence-corrected chi connectivity index (χ2v) is 5.60. The Hall–Kier alpha value is -1.06. The number of benzene rings is 1. The Kier molecular flexibility index (Phi) is 4.83. The molecule has 1 aliphatic rings. The quantitative estimate of drug-likeness (QED) is 0.792. The molecule has 2 rings (SSSR count). The molecule has 1 fully saturated rings. The lowest BCUT2D eigenvalue weighted by molar-refractivity contribution is -0.148. The van der Waals surface area contributed by atoms with Crippen molar-refractivity contribution in [2.75, 3.05) is 13.1 Å². The van der Waals surface area contributed by atoms with Crippen molar-refractivity contribution >= 4 is 17.6 Å². The van der Waals surface area contributed by atoms with E-state index in [1.54, 1.807) is 0 Å². The molecule has 1 aromatic carbocycles. The van der Waals surface area contributed by atoms with Crippen LogP contribution in [0.2, 0.25) is 5.02 Å². The molecular weight excluding hydrogens is 262 g/mol. The summed E-state index contributed by atoms with van der Waals surface area (Å²) in [4.78, 5) is 13.9. The molecular formula is C15H20ClNO2. The van der Waals surface area contributed by atoms with Crippen molar-refractivity contribution < 1.29 is 9.53 Å². The molecule has 1 aromatic rings. The first-order valence-electron chi connectivity index (χ1n) is 6.76. The number of hydrogen-bond acceptors (Lipinski definition) is 3. The SMILES string of the molecule is CC(C)OC(=O)CN1CCC[C@H]1c1ccccc1Cl. The average molecular weight is 282 g/mol. The second kappa shape index (κ2) is 6.40. The van der Waals surface area contributed by atoms with Gasteiger partial charge in [0.2, 0.25) is 0 Å². The Morgan fingerprint density at radius 1 is 1.47 bits per heavy atom. The van der Waals surface area contributed by atoms with Crippen molar-refractivity contribution in [1.82, 2.24) is 4.90 Å². The number of carbonyl (C=O) groups is 1. The maximum atomic E-state index is 11.8. The van der Waals surface area contributed by atoms with E-state index in [2.05, 4.69) is 4.90 Å². The van der Waals surface area contributed by atoms with E-state index in [0.29, 0.717) is 6.54 Å². The van der Waals surface area contributed by atoms with Gasteiger partial charge in [-0.15, -0.1) is 0 Å². The van der Waals surface area contributed by atoms with Crippen molar-refractivity contribution in [2.45, 2.75) is 38.8 Å². The summed E-state index contributed by atoms with van der Waals surface area (Å²) in [5, 5.41) is 0.775. The largest absolute Gasteiger partial charge is 0.462 e. The zero-order valence-electron chi connectivity index (χ0n) is 11.4. The molecule has 104 valence electrons. The van der Waals surface area contributed by atoms with Crippen molar-refractivity contribution in [3.8, 4) is 0 Å². The van der Waals surface area contributed by atoms with Crippen LogP contribution in [0.3, 0.4) is 0 Å². The summed E-state index contributed by atoms with van der Waals surface area (Å²) in [6.07, 6.45) is 2.07. The van der Waals surface area contributed by atoms with Gasteiger partial charge in [-0.25, -0.2) is 0 Å². The number of halogens is 1. The number of ether oxygens (including phenoxy) is 1. The molecule has 3 nitrogen and oxygen atoms in total.